The monoisotopic (exact) mass is 241 g/mol. The zero-order valence-electron chi connectivity index (χ0n) is 7.80. The standard InChI is InChI=1S/C10H9Cl2N3/c11-8-3-7(4-9(12)5-8)6-15-10-13-1-2-14-10/h1-5H,6H2,(H2,13,14,15). The van der Waals surface area contributed by atoms with E-state index in [-0.39, 0.29) is 0 Å². The van der Waals surface area contributed by atoms with Gasteiger partial charge in [0.05, 0.1) is 0 Å². The molecule has 3 nitrogen and oxygen atoms in total. The van der Waals surface area contributed by atoms with Gasteiger partial charge in [0.1, 0.15) is 0 Å². The number of aromatic amines is 1. The van der Waals surface area contributed by atoms with Gasteiger partial charge in [-0.2, -0.15) is 0 Å². The van der Waals surface area contributed by atoms with Crippen LogP contribution >= 0.6 is 23.2 Å². The van der Waals surface area contributed by atoms with Crippen LogP contribution in [-0.2, 0) is 6.54 Å². The fraction of sp³-hybridized carbons (Fsp3) is 0.100. The maximum Gasteiger partial charge on any atom is 0.200 e. The van der Waals surface area contributed by atoms with Gasteiger partial charge >= 0.3 is 0 Å². The fourth-order valence-corrected chi connectivity index (χ4v) is 1.83. The molecule has 0 aliphatic carbocycles. The maximum atomic E-state index is 5.88. The van der Waals surface area contributed by atoms with E-state index in [1.54, 1.807) is 18.5 Å². The van der Waals surface area contributed by atoms with Gasteiger partial charge in [-0.15, -0.1) is 0 Å². The average Bonchev–Trinajstić information content (AvgIpc) is 2.65. The molecule has 1 aromatic heterocycles. The number of imidazole rings is 1. The van der Waals surface area contributed by atoms with Crippen molar-refractivity contribution in [2.75, 3.05) is 5.32 Å². The van der Waals surface area contributed by atoms with Crippen molar-refractivity contribution in [2.45, 2.75) is 6.54 Å². The number of hydrogen-bond donors (Lipinski definition) is 2. The van der Waals surface area contributed by atoms with Crippen molar-refractivity contribution >= 4 is 29.2 Å². The Labute approximate surface area is 97.4 Å². The summed E-state index contributed by atoms with van der Waals surface area (Å²) in [5.41, 5.74) is 1.02. The molecule has 78 valence electrons. The summed E-state index contributed by atoms with van der Waals surface area (Å²) in [7, 11) is 0. The molecule has 1 heterocycles. The third-order valence-corrected chi connectivity index (χ3v) is 2.32. The minimum atomic E-state index is 0.633. The number of H-pyrrole nitrogens is 1. The van der Waals surface area contributed by atoms with Gasteiger partial charge in [0.2, 0.25) is 0 Å². The molecule has 0 saturated carbocycles. The Bertz CT molecular complexity index is 420. The normalized spacial score (nSPS) is 10.3. The first-order valence-corrected chi connectivity index (χ1v) is 5.18. The van der Waals surface area contributed by atoms with Crippen LogP contribution in [0.1, 0.15) is 5.56 Å². The van der Waals surface area contributed by atoms with E-state index in [2.05, 4.69) is 15.3 Å². The lowest BCUT2D eigenvalue weighted by atomic mass is 10.2. The minimum absolute atomic E-state index is 0.633. The molecule has 0 amide bonds. The molecule has 2 aromatic rings. The highest BCUT2D eigenvalue weighted by Crippen LogP contribution is 2.19. The van der Waals surface area contributed by atoms with E-state index in [0.717, 1.165) is 11.5 Å². The van der Waals surface area contributed by atoms with Crippen LogP contribution in [-0.4, -0.2) is 9.97 Å². The summed E-state index contributed by atoms with van der Waals surface area (Å²) >= 11 is 11.8. The highest BCUT2D eigenvalue weighted by atomic mass is 35.5. The summed E-state index contributed by atoms with van der Waals surface area (Å²) in [5, 5.41) is 4.39. The first-order valence-electron chi connectivity index (χ1n) is 4.42. The molecule has 0 spiro atoms. The predicted molar refractivity (Wildman–Crippen MR) is 62.4 cm³/mol. The molecule has 2 rings (SSSR count). The summed E-state index contributed by atoms with van der Waals surface area (Å²) in [6.07, 6.45) is 3.45. The molecule has 0 aliphatic heterocycles. The number of halogens is 2. The fourth-order valence-electron chi connectivity index (χ4n) is 1.26. The van der Waals surface area contributed by atoms with Crippen LogP contribution in [0.4, 0.5) is 5.95 Å². The van der Waals surface area contributed by atoms with Gasteiger partial charge in [-0.05, 0) is 23.8 Å². The maximum absolute atomic E-state index is 5.88. The topological polar surface area (TPSA) is 40.7 Å². The van der Waals surface area contributed by atoms with Crippen LogP contribution in [0.5, 0.6) is 0 Å². The van der Waals surface area contributed by atoms with E-state index in [4.69, 9.17) is 23.2 Å². The molecule has 0 fully saturated rings. The summed E-state index contributed by atoms with van der Waals surface area (Å²) in [6, 6.07) is 5.44. The number of aromatic nitrogens is 2. The number of rotatable bonds is 3. The van der Waals surface area contributed by atoms with Crippen molar-refractivity contribution in [3.63, 3.8) is 0 Å². The lowest BCUT2D eigenvalue weighted by Gasteiger charge is -2.04. The molecule has 2 N–H and O–H groups in total. The SMILES string of the molecule is Clc1cc(Cl)cc(CNc2ncc[nH]2)c1. The Hall–Kier alpha value is -1.19. The van der Waals surface area contributed by atoms with Gasteiger partial charge in [0, 0.05) is 29.0 Å². The van der Waals surface area contributed by atoms with Gasteiger partial charge in [-0.1, -0.05) is 23.2 Å². The van der Waals surface area contributed by atoms with Gasteiger partial charge in [-0.25, -0.2) is 4.98 Å². The number of anilines is 1. The van der Waals surface area contributed by atoms with Gasteiger partial charge < -0.3 is 10.3 Å². The Kier molecular flexibility index (Phi) is 3.14. The van der Waals surface area contributed by atoms with Crippen molar-refractivity contribution < 1.29 is 0 Å². The lowest BCUT2D eigenvalue weighted by Crippen LogP contribution is -2.00. The van der Waals surface area contributed by atoms with Gasteiger partial charge in [-0.3, -0.25) is 0 Å². The number of hydrogen-bond acceptors (Lipinski definition) is 2. The van der Waals surface area contributed by atoms with Crippen LogP contribution in [0.3, 0.4) is 0 Å². The summed E-state index contributed by atoms with van der Waals surface area (Å²) in [4.78, 5) is 6.99. The number of nitrogens with one attached hydrogen (secondary N) is 2. The van der Waals surface area contributed by atoms with E-state index in [1.165, 1.54) is 0 Å². The van der Waals surface area contributed by atoms with E-state index < -0.39 is 0 Å². The summed E-state index contributed by atoms with van der Waals surface area (Å²) in [6.45, 7) is 0.633. The van der Waals surface area contributed by atoms with Gasteiger partial charge in [0.15, 0.2) is 5.95 Å². The molecule has 0 saturated heterocycles. The lowest BCUT2D eigenvalue weighted by molar-refractivity contribution is 1.09. The molecular weight excluding hydrogens is 233 g/mol. The molecular formula is C10H9Cl2N3. The third kappa shape index (κ3) is 2.88. The zero-order chi connectivity index (χ0) is 10.7. The molecule has 0 atom stereocenters. The molecule has 0 bridgehead atoms. The zero-order valence-corrected chi connectivity index (χ0v) is 9.31. The smallest absolute Gasteiger partial charge is 0.200 e. The summed E-state index contributed by atoms with van der Waals surface area (Å²) < 4.78 is 0. The second kappa shape index (κ2) is 4.55. The molecule has 1 aromatic carbocycles. The Morgan fingerprint density at radius 3 is 2.53 bits per heavy atom. The van der Waals surface area contributed by atoms with E-state index in [0.29, 0.717) is 16.6 Å². The molecule has 15 heavy (non-hydrogen) atoms. The Morgan fingerprint density at radius 1 is 1.20 bits per heavy atom. The van der Waals surface area contributed by atoms with Crippen molar-refractivity contribution in [1.29, 1.82) is 0 Å². The second-order valence-electron chi connectivity index (χ2n) is 3.07. The molecule has 0 unspecified atom stereocenters. The largest absolute Gasteiger partial charge is 0.352 e. The van der Waals surface area contributed by atoms with Crippen molar-refractivity contribution in [3.8, 4) is 0 Å². The van der Waals surface area contributed by atoms with Crippen LogP contribution in [0.2, 0.25) is 10.0 Å². The number of benzene rings is 1. The highest BCUT2D eigenvalue weighted by molar-refractivity contribution is 6.34. The first-order chi connectivity index (χ1) is 7.24. The molecule has 0 aliphatic rings. The Morgan fingerprint density at radius 2 is 1.93 bits per heavy atom. The number of nitrogens with zero attached hydrogens (tertiary/aromatic N) is 1. The molecule has 5 heteroatoms. The Balaban J connectivity index is 2.05. The van der Waals surface area contributed by atoms with Crippen LogP contribution in [0.15, 0.2) is 30.6 Å². The third-order valence-electron chi connectivity index (χ3n) is 1.88. The van der Waals surface area contributed by atoms with Crippen molar-refractivity contribution in [3.05, 3.63) is 46.2 Å². The van der Waals surface area contributed by atoms with Crippen molar-refractivity contribution in [1.82, 2.24) is 9.97 Å². The predicted octanol–water partition coefficient (Wildman–Crippen LogP) is 3.33. The van der Waals surface area contributed by atoms with E-state index in [1.807, 2.05) is 12.1 Å². The van der Waals surface area contributed by atoms with E-state index in [9.17, 15) is 0 Å². The van der Waals surface area contributed by atoms with Crippen molar-refractivity contribution in [2.24, 2.45) is 0 Å². The van der Waals surface area contributed by atoms with Crippen LogP contribution in [0, 0.1) is 0 Å². The second-order valence-corrected chi connectivity index (χ2v) is 3.94. The van der Waals surface area contributed by atoms with Crippen LogP contribution < -0.4 is 5.32 Å². The average molecular weight is 242 g/mol. The summed E-state index contributed by atoms with van der Waals surface area (Å²) in [5.74, 6) is 0.728. The van der Waals surface area contributed by atoms with Gasteiger partial charge in [0.25, 0.3) is 0 Å². The quantitative estimate of drug-likeness (QED) is 0.866. The van der Waals surface area contributed by atoms with Crippen LogP contribution in [0.25, 0.3) is 0 Å². The first kappa shape index (κ1) is 10.3. The van der Waals surface area contributed by atoms with E-state index >= 15 is 0 Å². The minimum Gasteiger partial charge on any atom is -0.352 e. The molecule has 0 radical (unpaired) electrons. The highest BCUT2D eigenvalue weighted by Gasteiger charge is 1.99.